The van der Waals surface area contributed by atoms with Gasteiger partial charge in [0.25, 0.3) is 5.91 Å². The highest BCUT2D eigenvalue weighted by Crippen LogP contribution is 2.20. The van der Waals surface area contributed by atoms with Gasteiger partial charge in [0.15, 0.2) is 0 Å². The summed E-state index contributed by atoms with van der Waals surface area (Å²) in [6.07, 6.45) is 0. The molecular formula is C14H11N3O. The third kappa shape index (κ3) is 1.59. The number of hydrogen-bond acceptors (Lipinski definition) is 3. The second kappa shape index (κ2) is 3.77. The van der Waals surface area contributed by atoms with Crippen molar-refractivity contribution >= 4 is 28.0 Å². The Kier molecular flexibility index (Phi) is 2.23. The van der Waals surface area contributed by atoms with Crippen LogP contribution >= 0.6 is 0 Å². The van der Waals surface area contributed by atoms with Crippen LogP contribution in [0.25, 0.3) is 22.1 Å². The molecule has 0 aliphatic rings. The molecule has 4 heteroatoms. The van der Waals surface area contributed by atoms with Gasteiger partial charge in [-0.05, 0) is 36.8 Å². The van der Waals surface area contributed by atoms with E-state index in [0.29, 0.717) is 16.6 Å². The van der Waals surface area contributed by atoms with E-state index in [0.717, 1.165) is 16.6 Å². The number of carbonyl (C=O) groups excluding carboxylic acids is 1. The first-order valence-corrected chi connectivity index (χ1v) is 5.62. The Labute approximate surface area is 103 Å². The Bertz CT molecular complexity index is 780. The highest BCUT2D eigenvalue weighted by molar-refractivity contribution is 6.05. The number of nitrogens with zero attached hydrogens (tertiary/aromatic N) is 2. The average Bonchev–Trinajstić information content (AvgIpc) is 2.35. The Morgan fingerprint density at radius 2 is 1.72 bits per heavy atom. The topological polar surface area (TPSA) is 68.9 Å². The molecule has 0 unspecified atom stereocenters. The number of hydrogen-bond donors (Lipinski definition) is 1. The Hall–Kier alpha value is -2.49. The van der Waals surface area contributed by atoms with Crippen molar-refractivity contribution in [3.8, 4) is 0 Å². The number of carbonyl (C=O) groups is 1. The number of para-hydroxylation sites is 2. The van der Waals surface area contributed by atoms with Crippen LogP contribution in [0.1, 0.15) is 15.9 Å². The SMILES string of the molecule is Cc1cc(C(N)=O)c2nc3ccccc3nc2c1. The van der Waals surface area contributed by atoms with E-state index in [-0.39, 0.29) is 0 Å². The van der Waals surface area contributed by atoms with Crippen LogP contribution in [0.4, 0.5) is 0 Å². The lowest BCUT2D eigenvalue weighted by Crippen LogP contribution is -2.12. The second-order valence-corrected chi connectivity index (χ2v) is 4.26. The molecule has 0 aliphatic carbocycles. The molecule has 0 radical (unpaired) electrons. The van der Waals surface area contributed by atoms with E-state index < -0.39 is 5.91 Å². The molecule has 2 N–H and O–H groups in total. The monoisotopic (exact) mass is 237 g/mol. The smallest absolute Gasteiger partial charge is 0.250 e. The Morgan fingerprint density at radius 1 is 1.06 bits per heavy atom. The standard InChI is InChI=1S/C14H11N3O/c1-8-6-9(14(15)18)13-12(7-8)16-10-4-2-3-5-11(10)17-13/h2-7H,1H3,(H2,15,18). The van der Waals surface area contributed by atoms with Gasteiger partial charge < -0.3 is 5.73 Å². The van der Waals surface area contributed by atoms with Crippen molar-refractivity contribution < 1.29 is 4.79 Å². The van der Waals surface area contributed by atoms with E-state index in [4.69, 9.17) is 5.73 Å². The van der Waals surface area contributed by atoms with Crippen LogP contribution in [-0.2, 0) is 0 Å². The summed E-state index contributed by atoms with van der Waals surface area (Å²) < 4.78 is 0. The maximum absolute atomic E-state index is 11.5. The van der Waals surface area contributed by atoms with Gasteiger partial charge in [-0.3, -0.25) is 4.79 Å². The van der Waals surface area contributed by atoms with Crippen LogP contribution in [-0.4, -0.2) is 15.9 Å². The number of nitrogens with two attached hydrogens (primary N) is 1. The largest absolute Gasteiger partial charge is 0.366 e. The fraction of sp³-hybridized carbons (Fsp3) is 0.0714. The molecular weight excluding hydrogens is 226 g/mol. The lowest BCUT2D eigenvalue weighted by atomic mass is 10.1. The summed E-state index contributed by atoms with van der Waals surface area (Å²) >= 11 is 0. The van der Waals surface area contributed by atoms with Crippen LogP contribution < -0.4 is 5.73 Å². The zero-order valence-electron chi connectivity index (χ0n) is 9.84. The maximum Gasteiger partial charge on any atom is 0.250 e. The van der Waals surface area contributed by atoms with Crippen LogP contribution in [0.5, 0.6) is 0 Å². The quantitative estimate of drug-likeness (QED) is 0.659. The van der Waals surface area contributed by atoms with E-state index >= 15 is 0 Å². The third-order valence-electron chi connectivity index (χ3n) is 2.85. The molecule has 0 spiro atoms. The van der Waals surface area contributed by atoms with Gasteiger partial charge in [0.1, 0.15) is 5.52 Å². The third-order valence-corrected chi connectivity index (χ3v) is 2.85. The van der Waals surface area contributed by atoms with E-state index in [2.05, 4.69) is 9.97 Å². The summed E-state index contributed by atoms with van der Waals surface area (Å²) in [5, 5.41) is 0. The van der Waals surface area contributed by atoms with Gasteiger partial charge >= 0.3 is 0 Å². The molecule has 0 atom stereocenters. The lowest BCUT2D eigenvalue weighted by molar-refractivity contribution is 0.100. The summed E-state index contributed by atoms with van der Waals surface area (Å²) in [6, 6.07) is 11.2. The molecule has 3 rings (SSSR count). The number of amides is 1. The molecule has 0 fully saturated rings. The molecule has 0 aliphatic heterocycles. The van der Waals surface area contributed by atoms with E-state index in [1.54, 1.807) is 6.07 Å². The number of aryl methyl sites for hydroxylation is 1. The van der Waals surface area contributed by atoms with Crippen LogP contribution in [0.3, 0.4) is 0 Å². The van der Waals surface area contributed by atoms with Gasteiger partial charge in [-0.15, -0.1) is 0 Å². The van der Waals surface area contributed by atoms with Crippen molar-refractivity contribution in [2.24, 2.45) is 5.73 Å². The molecule has 0 saturated heterocycles. The Balaban J connectivity index is 2.49. The molecule has 1 amide bonds. The average molecular weight is 237 g/mol. The molecule has 18 heavy (non-hydrogen) atoms. The summed E-state index contributed by atoms with van der Waals surface area (Å²) in [7, 11) is 0. The molecule has 3 aromatic rings. The number of benzene rings is 2. The summed E-state index contributed by atoms with van der Waals surface area (Å²) in [5.74, 6) is -0.478. The molecule has 0 bridgehead atoms. The molecule has 4 nitrogen and oxygen atoms in total. The highest BCUT2D eigenvalue weighted by atomic mass is 16.1. The number of primary amides is 1. The summed E-state index contributed by atoms with van der Waals surface area (Å²) in [6.45, 7) is 1.91. The van der Waals surface area contributed by atoms with Gasteiger partial charge in [-0.1, -0.05) is 12.1 Å². The zero-order chi connectivity index (χ0) is 12.7. The van der Waals surface area contributed by atoms with E-state index in [1.165, 1.54) is 0 Å². The fourth-order valence-corrected chi connectivity index (χ4v) is 2.05. The van der Waals surface area contributed by atoms with Gasteiger partial charge in [-0.2, -0.15) is 0 Å². The molecule has 1 aromatic heterocycles. The number of fused-ring (bicyclic) bond motifs is 2. The maximum atomic E-state index is 11.5. The van der Waals surface area contributed by atoms with Gasteiger partial charge in [0.05, 0.1) is 22.1 Å². The van der Waals surface area contributed by atoms with Crippen LogP contribution in [0.2, 0.25) is 0 Å². The first kappa shape index (κ1) is 10.7. The molecule has 88 valence electrons. The molecule has 1 heterocycles. The fourth-order valence-electron chi connectivity index (χ4n) is 2.05. The van der Waals surface area contributed by atoms with Crippen molar-refractivity contribution in [2.75, 3.05) is 0 Å². The minimum atomic E-state index is -0.478. The molecule has 0 saturated carbocycles. The Morgan fingerprint density at radius 3 is 2.39 bits per heavy atom. The van der Waals surface area contributed by atoms with Crippen molar-refractivity contribution in [1.29, 1.82) is 0 Å². The first-order chi connectivity index (χ1) is 8.65. The van der Waals surface area contributed by atoms with E-state index in [1.807, 2.05) is 37.3 Å². The predicted octanol–water partition coefficient (Wildman–Crippen LogP) is 2.19. The zero-order valence-corrected chi connectivity index (χ0v) is 9.84. The minimum absolute atomic E-state index is 0.420. The number of rotatable bonds is 1. The van der Waals surface area contributed by atoms with Gasteiger partial charge in [0, 0.05) is 0 Å². The van der Waals surface area contributed by atoms with Crippen LogP contribution in [0, 0.1) is 6.92 Å². The highest BCUT2D eigenvalue weighted by Gasteiger charge is 2.11. The first-order valence-electron chi connectivity index (χ1n) is 5.62. The summed E-state index contributed by atoms with van der Waals surface area (Å²) in [5.41, 5.74) is 9.58. The number of aromatic nitrogens is 2. The van der Waals surface area contributed by atoms with E-state index in [9.17, 15) is 4.79 Å². The summed E-state index contributed by atoms with van der Waals surface area (Å²) in [4.78, 5) is 20.4. The van der Waals surface area contributed by atoms with Crippen molar-refractivity contribution in [3.05, 3.63) is 47.5 Å². The predicted molar refractivity (Wildman–Crippen MR) is 70.3 cm³/mol. The van der Waals surface area contributed by atoms with Crippen molar-refractivity contribution in [1.82, 2.24) is 9.97 Å². The van der Waals surface area contributed by atoms with Gasteiger partial charge in [0.2, 0.25) is 0 Å². The van der Waals surface area contributed by atoms with Crippen LogP contribution in [0.15, 0.2) is 36.4 Å². The molecule has 2 aromatic carbocycles. The normalized spacial score (nSPS) is 10.9. The second-order valence-electron chi connectivity index (χ2n) is 4.26. The lowest BCUT2D eigenvalue weighted by Gasteiger charge is -2.05. The minimum Gasteiger partial charge on any atom is -0.366 e. The van der Waals surface area contributed by atoms with Crippen molar-refractivity contribution in [3.63, 3.8) is 0 Å². The van der Waals surface area contributed by atoms with Crippen molar-refractivity contribution in [2.45, 2.75) is 6.92 Å². The van der Waals surface area contributed by atoms with Gasteiger partial charge in [-0.25, -0.2) is 9.97 Å².